The molecule has 1 aliphatic rings. The van der Waals surface area contributed by atoms with Crippen molar-refractivity contribution in [2.75, 3.05) is 19.7 Å². The standard InChI is InChI=1S/C15H19NO4/c1-2-10-19-14(17)12-8-9-16(11-12)15(18)20-13-6-4-3-5-7-13/h3-7,12H,2,8-11H2,1H3. The van der Waals surface area contributed by atoms with E-state index < -0.39 is 6.09 Å². The van der Waals surface area contributed by atoms with Crippen LogP contribution in [-0.2, 0) is 9.53 Å². The third-order valence-electron chi connectivity index (χ3n) is 3.18. The van der Waals surface area contributed by atoms with Crippen LogP contribution in [-0.4, -0.2) is 36.7 Å². The van der Waals surface area contributed by atoms with Gasteiger partial charge in [-0.3, -0.25) is 4.79 Å². The number of nitrogens with zero attached hydrogens (tertiary/aromatic N) is 1. The summed E-state index contributed by atoms with van der Waals surface area (Å²) < 4.78 is 10.3. The first kappa shape index (κ1) is 14.4. The maximum Gasteiger partial charge on any atom is 0.415 e. The molecule has 0 aliphatic carbocycles. The van der Waals surface area contributed by atoms with Gasteiger partial charge < -0.3 is 14.4 Å². The third-order valence-corrected chi connectivity index (χ3v) is 3.18. The highest BCUT2D eigenvalue weighted by Crippen LogP contribution is 2.20. The number of ether oxygens (including phenoxy) is 2. The normalized spacial score (nSPS) is 17.9. The van der Waals surface area contributed by atoms with Crippen molar-refractivity contribution in [2.24, 2.45) is 5.92 Å². The summed E-state index contributed by atoms with van der Waals surface area (Å²) in [7, 11) is 0. The van der Waals surface area contributed by atoms with Crippen LogP contribution in [0.3, 0.4) is 0 Å². The number of likely N-dealkylation sites (tertiary alicyclic amines) is 1. The van der Waals surface area contributed by atoms with Gasteiger partial charge in [-0.1, -0.05) is 25.1 Å². The molecule has 108 valence electrons. The van der Waals surface area contributed by atoms with E-state index in [0.29, 0.717) is 31.9 Å². The second-order valence-electron chi connectivity index (χ2n) is 4.78. The Balaban J connectivity index is 1.83. The molecule has 1 aromatic rings. The SMILES string of the molecule is CCCOC(=O)C1CCN(C(=O)Oc2ccccc2)C1. The molecule has 1 atom stereocenters. The van der Waals surface area contributed by atoms with Gasteiger partial charge in [-0.2, -0.15) is 0 Å². The average molecular weight is 277 g/mol. The van der Waals surface area contributed by atoms with E-state index >= 15 is 0 Å². The number of carbonyl (C=O) groups excluding carboxylic acids is 2. The zero-order chi connectivity index (χ0) is 14.4. The molecule has 5 nitrogen and oxygen atoms in total. The van der Waals surface area contributed by atoms with Gasteiger partial charge in [0, 0.05) is 13.1 Å². The Bertz CT molecular complexity index is 460. The highest BCUT2D eigenvalue weighted by atomic mass is 16.6. The summed E-state index contributed by atoms with van der Waals surface area (Å²) in [5.74, 6) is 0.0567. The van der Waals surface area contributed by atoms with Crippen molar-refractivity contribution in [2.45, 2.75) is 19.8 Å². The van der Waals surface area contributed by atoms with E-state index in [0.717, 1.165) is 6.42 Å². The molecule has 0 radical (unpaired) electrons. The predicted molar refractivity (Wildman–Crippen MR) is 73.4 cm³/mol. The number of carbonyl (C=O) groups is 2. The van der Waals surface area contributed by atoms with E-state index in [1.807, 2.05) is 13.0 Å². The lowest BCUT2D eigenvalue weighted by molar-refractivity contribution is -0.148. The van der Waals surface area contributed by atoms with Crippen LogP contribution < -0.4 is 4.74 Å². The molecular weight excluding hydrogens is 258 g/mol. The molecule has 1 aromatic carbocycles. The van der Waals surface area contributed by atoms with Crippen LogP contribution in [0.4, 0.5) is 4.79 Å². The smallest absolute Gasteiger partial charge is 0.415 e. The van der Waals surface area contributed by atoms with Gasteiger partial charge in [0.25, 0.3) is 0 Å². The van der Waals surface area contributed by atoms with Crippen molar-refractivity contribution in [3.63, 3.8) is 0 Å². The summed E-state index contributed by atoms with van der Waals surface area (Å²) in [5.41, 5.74) is 0. The Morgan fingerprint density at radius 2 is 2.05 bits per heavy atom. The van der Waals surface area contributed by atoms with Crippen LogP contribution in [0.1, 0.15) is 19.8 Å². The first-order valence-electron chi connectivity index (χ1n) is 6.89. The van der Waals surface area contributed by atoms with E-state index in [2.05, 4.69) is 0 Å². The molecule has 0 saturated carbocycles. The van der Waals surface area contributed by atoms with Crippen LogP contribution in [0.2, 0.25) is 0 Å². The van der Waals surface area contributed by atoms with E-state index in [-0.39, 0.29) is 11.9 Å². The van der Waals surface area contributed by atoms with Crippen molar-refractivity contribution in [1.82, 2.24) is 4.90 Å². The molecule has 0 bridgehead atoms. The van der Waals surface area contributed by atoms with Crippen LogP contribution >= 0.6 is 0 Å². The van der Waals surface area contributed by atoms with Gasteiger partial charge in [-0.15, -0.1) is 0 Å². The lowest BCUT2D eigenvalue weighted by atomic mass is 10.1. The number of esters is 1. The molecule has 1 fully saturated rings. The number of amides is 1. The van der Waals surface area contributed by atoms with Crippen molar-refractivity contribution in [3.8, 4) is 5.75 Å². The molecule has 0 N–H and O–H groups in total. The minimum absolute atomic E-state index is 0.220. The van der Waals surface area contributed by atoms with E-state index in [1.165, 1.54) is 0 Å². The molecular formula is C15H19NO4. The van der Waals surface area contributed by atoms with E-state index in [4.69, 9.17) is 9.47 Å². The molecule has 1 aliphatic heterocycles. The second kappa shape index (κ2) is 6.93. The average Bonchev–Trinajstić information content (AvgIpc) is 2.96. The second-order valence-corrected chi connectivity index (χ2v) is 4.78. The van der Waals surface area contributed by atoms with Crippen LogP contribution in [0.5, 0.6) is 5.75 Å². The summed E-state index contributed by atoms with van der Waals surface area (Å²) in [6.45, 7) is 3.28. The number of para-hydroxylation sites is 1. The summed E-state index contributed by atoms with van der Waals surface area (Å²) in [5, 5.41) is 0. The van der Waals surface area contributed by atoms with Gasteiger partial charge in [0.15, 0.2) is 0 Å². The van der Waals surface area contributed by atoms with Crippen molar-refractivity contribution >= 4 is 12.1 Å². The number of hydrogen-bond donors (Lipinski definition) is 0. The Hall–Kier alpha value is -2.04. The van der Waals surface area contributed by atoms with Gasteiger partial charge in [0.2, 0.25) is 0 Å². The molecule has 0 spiro atoms. The van der Waals surface area contributed by atoms with Crippen LogP contribution in [0, 0.1) is 5.92 Å². The number of rotatable bonds is 4. The molecule has 1 heterocycles. The lowest BCUT2D eigenvalue weighted by Crippen LogP contribution is -2.32. The zero-order valence-electron chi connectivity index (χ0n) is 11.6. The Morgan fingerprint density at radius 1 is 1.30 bits per heavy atom. The fraction of sp³-hybridized carbons (Fsp3) is 0.467. The summed E-state index contributed by atoms with van der Waals surface area (Å²) in [6, 6.07) is 8.91. The maximum absolute atomic E-state index is 11.9. The molecule has 1 amide bonds. The number of hydrogen-bond acceptors (Lipinski definition) is 4. The predicted octanol–water partition coefficient (Wildman–Crippen LogP) is 2.46. The molecule has 5 heteroatoms. The monoisotopic (exact) mass is 277 g/mol. The van der Waals surface area contributed by atoms with Crippen molar-refractivity contribution < 1.29 is 19.1 Å². The molecule has 20 heavy (non-hydrogen) atoms. The minimum Gasteiger partial charge on any atom is -0.465 e. The maximum atomic E-state index is 11.9. The summed E-state index contributed by atoms with van der Waals surface area (Å²) in [6.07, 6.45) is 1.02. The summed E-state index contributed by atoms with van der Waals surface area (Å²) >= 11 is 0. The molecule has 2 rings (SSSR count). The largest absolute Gasteiger partial charge is 0.465 e. The Morgan fingerprint density at radius 3 is 2.75 bits per heavy atom. The highest BCUT2D eigenvalue weighted by molar-refractivity contribution is 5.76. The lowest BCUT2D eigenvalue weighted by Gasteiger charge is -2.15. The van der Waals surface area contributed by atoms with Gasteiger partial charge in [0.1, 0.15) is 5.75 Å². The van der Waals surface area contributed by atoms with Crippen molar-refractivity contribution in [1.29, 1.82) is 0 Å². The van der Waals surface area contributed by atoms with Gasteiger partial charge >= 0.3 is 12.1 Å². The van der Waals surface area contributed by atoms with Crippen LogP contribution in [0.15, 0.2) is 30.3 Å². The molecule has 0 aromatic heterocycles. The molecule has 1 saturated heterocycles. The zero-order valence-corrected chi connectivity index (χ0v) is 11.6. The van der Waals surface area contributed by atoms with Crippen LogP contribution in [0.25, 0.3) is 0 Å². The topological polar surface area (TPSA) is 55.8 Å². The van der Waals surface area contributed by atoms with E-state index in [9.17, 15) is 9.59 Å². The summed E-state index contributed by atoms with van der Waals surface area (Å²) in [4.78, 5) is 25.2. The fourth-order valence-corrected chi connectivity index (χ4v) is 2.09. The van der Waals surface area contributed by atoms with Gasteiger partial charge in [-0.05, 0) is 25.0 Å². The quantitative estimate of drug-likeness (QED) is 0.793. The first-order valence-corrected chi connectivity index (χ1v) is 6.89. The fourth-order valence-electron chi connectivity index (χ4n) is 2.09. The Labute approximate surface area is 118 Å². The molecule has 1 unspecified atom stereocenters. The third kappa shape index (κ3) is 3.73. The first-order chi connectivity index (χ1) is 9.70. The minimum atomic E-state index is -0.415. The van der Waals surface area contributed by atoms with Gasteiger partial charge in [-0.25, -0.2) is 4.79 Å². The number of benzene rings is 1. The Kier molecular flexibility index (Phi) is 4.98. The van der Waals surface area contributed by atoms with Crippen molar-refractivity contribution in [3.05, 3.63) is 30.3 Å². The van der Waals surface area contributed by atoms with Gasteiger partial charge in [0.05, 0.1) is 12.5 Å². The van der Waals surface area contributed by atoms with E-state index in [1.54, 1.807) is 29.2 Å². The highest BCUT2D eigenvalue weighted by Gasteiger charge is 2.33.